The van der Waals surface area contributed by atoms with E-state index >= 15 is 0 Å². The van der Waals surface area contributed by atoms with Crippen molar-refractivity contribution in [1.82, 2.24) is 0 Å². The van der Waals surface area contributed by atoms with E-state index in [9.17, 15) is 9.59 Å². The summed E-state index contributed by atoms with van der Waals surface area (Å²) < 4.78 is 9.59. The molecule has 0 saturated carbocycles. The molecule has 0 aliphatic carbocycles. The van der Waals surface area contributed by atoms with Crippen molar-refractivity contribution >= 4 is 20.0 Å². The van der Waals surface area contributed by atoms with E-state index < -0.39 is 20.0 Å². The van der Waals surface area contributed by atoms with Crippen molar-refractivity contribution in [2.45, 2.75) is 39.0 Å². The van der Waals surface area contributed by atoms with Gasteiger partial charge < -0.3 is 9.47 Å². The molecule has 0 N–H and O–H groups in total. The van der Waals surface area contributed by atoms with E-state index in [4.69, 9.17) is 4.74 Å². The number of rotatable bonds is 7. The molecule has 0 rings (SSSR count). The van der Waals surface area contributed by atoms with E-state index in [1.54, 1.807) is 6.92 Å². The molecule has 0 bridgehead atoms. The van der Waals surface area contributed by atoms with Gasteiger partial charge in [0, 0.05) is 20.2 Å². The first-order valence-electron chi connectivity index (χ1n) is 5.87. The minimum Gasteiger partial charge on any atom is -0.463 e. The highest BCUT2D eigenvalue weighted by molar-refractivity contribution is 6.76. The summed E-state index contributed by atoms with van der Waals surface area (Å²) in [6.07, 6.45) is 3.07. The zero-order valence-corrected chi connectivity index (χ0v) is 12.1. The van der Waals surface area contributed by atoms with Crippen molar-refractivity contribution in [2.24, 2.45) is 0 Å². The topological polar surface area (TPSA) is 52.6 Å². The fraction of sp³-hybridized carbons (Fsp3) is 0.667. The molecule has 98 valence electrons. The van der Waals surface area contributed by atoms with Crippen LogP contribution in [0.15, 0.2) is 12.2 Å². The fourth-order valence-corrected chi connectivity index (χ4v) is 2.35. The summed E-state index contributed by atoms with van der Waals surface area (Å²) >= 11 is 0. The van der Waals surface area contributed by atoms with Crippen LogP contribution < -0.4 is 0 Å². The molecule has 0 spiro atoms. The molecule has 0 aliphatic heterocycles. The molecule has 0 saturated heterocycles. The predicted octanol–water partition coefficient (Wildman–Crippen LogP) is 2.38. The standard InChI is InChI=1S/C12H22O4Si/c1-5-15-11(13)7-8-12(14)16-9-6-10-17(2,3)4/h7-8H,5-6,9-10H2,1-4H3/b8-7+. The van der Waals surface area contributed by atoms with E-state index in [0.29, 0.717) is 13.2 Å². The van der Waals surface area contributed by atoms with Gasteiger partial charge in [-0.3, -0.25) is 0 Å². The molecule has 0 aromatic heterocycles. The molecule has 0 fully saturated rings. The van der Waals surface area contributed by atoms with Crippen LogP contribution >= 0.6 is 0 Å². The Kier molecular flexibility index (Phi) is 7.53. The molecule has 0 unspecified atom stereocenters. The first kappa shape index (κ1) is 15.9. The van der Waals surface area contributed by atoms with Crippen molar-refractivity contribution in [3.63, 3.8) is 0 Å². The Morgan fingerprint density at radius 2 is 1.59 bits per heavy atom. The third-order valence-electron chi connectivity index (χ3n) is 1.96. The lowest BCUT2D eigenvalue weighted by Crippen LogP contribution is -2.20. The van der Waals surface area contributed by atoms with Crippen molar-refractivity contribution in [3.8, 4) is 0 Å². The Balaban J connectivity index is 3.70. The zero-order chi connectivity index (χ0) is 13.3. The molecule has 0 radical (unpaired) electrons. The largest absolute Gasteiger partial charge is 0.463 e. The summed E-state index contributed by atoms with van der Waals surface area (Å²) in [5.74, 6) is -1.01. The van der Waals surface area contributed by atoms with Gasteiger partial charge >= 0.3 is 11.9 Å². The molecule has 17 heavy (non-hydrogen) atoms. The molecule has 0 atom stereocenters. The molecular formula is C12H22O4Si. The molecular weight excluding hydrogens is 236 g/mol. The van der Waals surface area contributed by atoms with Crippen molar-refractivity contribution < 1.29 is 19.1 Å². The maximum absolute atomic E-state index is 11.2. The van der Waals surface area contributed by atoms with Gasteiger partial charge in [-0.05, 0) is 13.3 Å². The van der Waals surface area contributed by atoms with Gasteiger partial charge in [0.2, 0.25) is 0 Å². The third kappa shape index (κ3) is 11.2. The maximum Gasteiger partial charge on any atom is 0.331 e. The van der Waals surface area contributed by atoms with Crippen LogP contribution in [0.5, 0.6) is 0 Å². The Hall–Kier alpha value is -1.10. The Bertz CT molecular complexity index is 279. The summed E-state index contributed by atoms with van der Waals surface area (Å²) in [6.45, 7) is 9.24. The smallest absolute Gasteiger partial charge is 0.331 e. The molecule has 5 heteroatoms. The van der Waals surface area contributed by atoms with Gasteiger partial charge in [-0.25, -0.2) is 9.59 Å². The summed E-state index contributed by atoms with van der Waals surface area (Å²) in [4.78, 5) is 22.1. The van der Waals surface area contributed by atoms with E-state index in [0.717, 1.165) is 24.6 Å². The molecule has 0 aliphatic rings. The predicted molar refractivity (Wildman–Crippen MR) is 69.5 cm³/mol. The SMILES string of the molecule is CCOC(=O)/C=C/C(=O)OCCC[Si](C)(C)C. The molecule has 0 heterocycles. The van der Waals surface area contributed by atoms with Crippen LogP contribution in [0.3, 0.4) is 0 Å². The number of carbonyl (C=O) groups excluding carboxylic acids is 2. The second-order valence-corrected chi connectivity index (χ2v) is 10.5. The third-order valence-corrected chi connectivity index (χ3v) is 3.81. The fourth-order valence-electron chi connectivity index (χ4n) is 1.15. The van der Waals surface area contributed by atoms with E-state index in [1.807, 2.05) is 0 Å². The highest BCUT2D eigenvalue weighted by atomic mass is 28.3. The van der Waals surface area contributed by atoms with Crippen molar-refractivity contribution in [2.75, 3.05) is 13.2 Å². The lowest BCUT2D eigenvalue weighted by molar-refractivity contribution is -0.140. The molecule has 4 nitrogen and oxygen atoms in total. The highest BCUT2D eigenvalue weighted by Crippen LogP contribution is 2.10. The Morgan fingerprint density at radius 3 is 2.06 bits per heavy atom. The quantitative estimate of drug-likeness (QED) is 0.304. The minimum atomic E-state index is -1.06. The maximum atomic E-state index is 11.2. The van der Waals surface area contributed by atoms with Crippen LogP contribution in [-0.2, 0) is 19.1 Å². The summed E-state index contributed by atoms with van der Waals surface area (Å²) in [6, 6.07) is 1.13. The average molecular weight is 258 g/mol. The van der Waals surface area contributed by atoms with Crippen molar-refractivity contribution in [3.05, 3.63) is 12.2 Å². The zero-order valence-electron chi connectivity index (χ0n) is 11.1. The van der Waals surface area contributed by atoms with Crippen LogP contribution in [0.4, 0.5) is 0 Å². The normalized spacial score (nSPS) is 11.5. The number of carbonyl (C=O) groups is 2. The molecule has 0 aromatic carbocycles. The minimum absolute atomic E-state index is 0.300. The van der Waals surface area contributed by atoms with Crippen LogP contribution in [-0.4, -0.2) is 33.2 Å². The van der Waals surface area contributed by atoms with Gasteiger partial charge in [-0.15, -0.1) is 0 Å². The number of hydrogen-bond acceptors (Lipinski definition) is 4. The van der Waals surface area contributed by atoms with Gasteiger partial charge in [0.1, 0.15) is 0 Å². The molecule has 0 amide bonds. The van der Waals surface area contributed by atoms with Gasteiger partial charge in [0.05, 0.1) is 13.2 Å². The highest BCUT2D eigenvalue weighted by Gasteiger charge is 2.12. The van der Waals surface area contributed by atoms with E-state index in [-0.39, 0.29) is 0 Å². The monoisotopic (exact) mass is 258 g/mol. The molecule has 0 aromatic rings. The average Bonchev–Trinajstić information content (AvgIpc) is 2.21. The van der Waals surface area contributed by atoms with Crippen LogP contribution in [0, 0.1) is 0 Å². The lowest BCUT2D eigenvalue weighted by Gasteiger charge is -2.14. The van der Waals surface area contributed by atoms with Crippen molar-refractivity contribution in [1.29, 1.82) is 0 Å². The van der Waals surface area contributed by atoms with Crippen LogP contribution in [0.1, 0.15) is 13.3 Å². The van der Waals surface area contributed by atoms with Gasteiger partial charge in [-0.1, -0.05) is 25.7 Å². The van der Waals surface area contributed by atoms with Gasteiger partial charge in [-0.2, -0.15) is 0 Å². The number of esters is 2. The van der Waals surface area contributed by atoms with E-state index in [1.165, 1.54) is 0 Å². The van der Waals surface area contributed by atoms with E-state index in [2.05, 4.69) is 24.4 Å². The van der Waals surface area contributed by atoms with Crippen LogP contribution in [0.2, 0.25) is 25.7 Å². The lowest BCUT2D eigenvalue weighted by atomic mass is 10.5. The second-order valence-electron chi connectivity index (χ2n) is 4.92. The van der Waals surface area contributed by atoms with Gasteiger partial charge in [0.15, 0.2) is 0 Å². The first-order valence-corrected chi connectivity index (χ1v) is 9.57. The van der Waals surface area contributed by atoms with Crippen LogP contribution in [0.25, 0.3) is 0 Å². The van der Waals surface area contributed by atoms with Gasteiger partial charge in [0.25, 0.3) is 0 Å². The summed E-state index contributed by atoms with van der Waals surface area (Å²) in [7, 11) is -1.06. The summed E-state index contributed by atoms with van der Waals surface area (Å²) in [5.41, 5.74) is 0. The number of ether oxygens (including phenoxy) is 2. The second kappa shape index (κ2) is 8.06. The number of hydrogen-bond donors (Lipinski definition) is 0. The Labute approximate surface area is 104 Å². The Morgan fingerprint density at radius 1 is 1.06 bits per heavy atom. The summed E-state index contributed by atoms with van der Waals surface area (Å²) in [5, 5.41) is 0. The first-order chi connectivity index (χ1) is 7.85.